The lowest BCUT2D eigenvalue weighted by atomic mass is 10.00. The van der Waals surface area contributed by atoms with Crippen LogP contribution in [0.4, 0.5) is 14.5 Å². The van der Waals surface area contributed by atoms with Crippen LogP contribution in [0.25, 0.3) is 0 Å². The van der Waals surface area contributed by atoms with Crippen molar-refractivity contribution < 1.29 is 31.6 Å². The number of amides is 1. The zero-order chi connectivity index (χ0) is 29.4. The Hall–Kier alpha value is -4.13. The Morgan fingerprint density at radius 1 is 0.976 bits per heavy atom. The number of anilines is 1. The highest BCUT2D eigenvalue weighted by Gasteiger charge is 2.24. The largest absolute Gasteiger partial charge is 0.390 e. The van der Waals surface area contributed by atoms with Gasteiger partial charge in [-0.15, -0.1) is 0 Å². The molecule has 216 valence electrons. The van der Waals surface area contributed by atoms with E-state index >= 15 is 0 Å². The van der Waals surface area contributed by atoms with Crippen molar-refractivity contribution in [3.8, 4) is 0 Å². The summed E-state index contributed by atoms with van der Waals surface area (Å²) < 4.78 is 59.7. The molecule has 1 aromatic heterocycles. The molecular weight excluding hydrogens is 554 g/mol. The molecule has 4 rings (SSSR count). The molecule has 41 heavy (non-hydrogen) atoms. The predicted molar refractivity (Wildman–Crippen MR) is 149 cm³/mol. The second-order valence-electron chi connectivity index (χ2n) is 9.45. The summed E-state index contributed by atoms with van der Waals surface area (Å²) in [4.78, 5) is 13.2. The smallest absolute Gasteiger partial charge is 0.298 e. The van der Waals surface area contributed by atoms with E-state index in [1.54, 1.807) is 0 Å². The number of carbonyl (C=O) groups is 1. The fourth-order valence-corrected chi connectivity index (χ4v) is 5.18. The molecule has 0 spiro atoms. The number of nitrogens with zero attached hydrogens (tertiary/aromatic N) is 1. The summed E-state index contributed by atoms with van der Waals surface area (Å²) in [5, 5.41) is 19.9. The highest BCUT2D eigenvalue weighted by atomic mass is 32.2. The molecule has 0 aliphatic carbocycles. The van der Waals surface area contributed by atoms with Gasteiger partial charge in [0, 0.05) is 36.5 Å². The van der Waals surface area contributed by atoms with Gasteiger partial charge in [0.15, 0.2) is 0 Å². The maximum absolute atomic E-state index is 13.9. The lowest BCUT2D eigenvalue weighted by Crippen LogP contribution is -2.48. The van der Waals surface area contributed by atoms with Crippen molar-refractivity contribution in [2.75, 3.05) is 11.3 Å². The number of aliphatic hydroxyl groups excluding tert-OH is 1. The summed E-state index contributed by atoms with van der Waals surface area (Å²) >= 11 is 0. The van der Waals surface area contributed by atoms with Gasteiger partial charge in [0.2, 0.25) is 0 Å². The standard InChI is InChI=1S/C29H30F2N4O5S/c1-2-19-5-3-6-20(11-19)17-32-18-27(36)26(14-21-12-23(30)16-24(31)13-21)34-29(37)22-7-4-8-25(15-22)35-41(38,39)28-9-10-33-40-28/h3-13,15-16,26-27,32,35-36H,2,14,17-18H2,1H3,(H,34,37)/t26-,27+/m0/s1. The molecule has 3 aromatic carbocycles. The van der Waals surface area contributed by atoms with Crippen molar-refractivity contribution in [1.82, 2.24) is 15.8 Å². The average Bonchev–Trinajstić information content (AvgIpc) is 3.49. The summed E-state index contributed by atoms with van der Waals surface area (Å²) in [5.74, 6) is -2.18. The van der Waals surface area contributed by atoms with Gasteiger partial charge in [0.25, 0.3) is 21.0 Å². The summed E-state index contributed by atoms with van der Waals surface area (Å²) in [6.07, 6.45) is 0.878. The van der Waals surface area contributed by atoms with Crippen LogP contribution in [0, 0.1) is 11.6 Å². The second-order valence-corrected chi connectivity index (χ2v) is 11.1. The lowest BCUT2D eigenvalue weighted by Gasteiger charge is -2.25. The Kier molecular flexibility index (Phi) is 9.82. The van der Waals surface area contributed by atoms with Gasteiger partial charge in [-0.3, -0.25) is 9.52 Å². The van der Waals surface area contributed by atoms with Crippen molar-refractivity contribution in [2.24, 2.45) is 0 Å². The summed E-state index contributed by atoms with van der Waals surface area (Å²) in [7, 11) is -4.07. The summed E-state index contributed by atoms with van der Waals surface area (Å²) in [6, 6.07) is 16.9. The monoisotopic (exact) mass is 584 g/mol. The number of aryl methyl sites for hydroxylation is 1. The molecule has 12 heteroatoms. The van der Waals surface area contributed by atoms with E-state index in [0.717, 1.165) is 30.2 Å². The van der Waals surface area contributed by atoms with Crippen molar-refractivity contribution in [3.05, 3.63) is 113 Å². The van der Waals surface area contributed by atoms with Crippen LogP contribution >= 0.6 is 0 Å². The van der Waals surface area contributed by atoms with Crippen molar-refractivity contribution >= 4 is 21.6 Å². The first-order chi connectivity index (χ1) is 19.6. The maximum atomic E-state index is 13.9. The molecule has 0 unspecified atom stereocenters. The topological polar surface area (TPSA) is 134 Å². The number of carbonyl (C=O) groups excluding carboxylic acids is 1. The SMILES string of the molecule is CCc1cccc(CNC[C@@H](O)[C@H](Cc2cc(F)cc(F)c2)NC(=O)c2cccc(NS(=O)(=O)c3ccno3)c2)c1. The van der Waals surface area contributed by atoms with Crippen LogP contribution in [0.3, 0.4) is 0 Å². The summed E-state index contributed by atoms with van der Waals surface area (Å²) in [5.41, 5.74) is 2.63. The first kappa shape index (κ1) is 29.8. The number of nitrogens with one attached hydrogen (secondary N) is 3. The highest BCUT2D eigenvalue weighted by Crippen LogP contribution is 2.18. The fraction of sp³-hybridized carbons (Fsp3) is 0.241. The Labute approximate surface area is 236 Å². The van der Waals surface area contributed by atoms with E-state index in [-0.39, 0.29) is 29.8 Å². The number of hydrogen-bond acceptors (Lipinski definition) is 7. The first-order valence-electron chi connectivity index (χ1n) is 12.9. The number of rotatable bonds is 13. The third-order valence-electron chi connectivity index (χ3n) is 6.30. The van der Waals surface area contributed by atoms with Crippen molar-refractivity contribution in [1.29, 1.82) is 0 Å². The molecule has 0 saturated carbocycles. The minimum Gasteiger partial charge on any atom is -0.390 e. The number of benzene rings is 3. The van der Waals surface area contributed by atoms with Crippen LogP contribution < -0.4 is 15.4 Å². The number of halogens is 2. The maximum Gasteiger partial charge on any atom is 0.298 e. The van der Waals surface area contributed by atoms with Crippen LogP contribution in [0.15, 0.2) is 88.6 Å². The molecule has 1 heterocycles. The molecule has 0 aliphatic rings. The molecular formula is C29H30F2N4O5S. The van der Waals surface area contributed by atoms with E-state index in [1.165, 1.54) is 42.1 Å². The molecule has 4 N–H and O–H groups in total. The van der Waals surface area contributed by atoms with Crippen LogP contribution in [0.5, 0.6) is 0 Å². The second kappa shape index (κ2) is 13.5. The third kappa shape index (κ3) is 8.43. The zero-order valence-electron chi connectivity index (χ0n) is 22.2. The van der Waals surface area contributed by atoms with E-state index in [0.29, 0.717) is 6.54 Å². The van der Waals surface area contributed by atoms with Crippen LogP contribution in [0.2, 0.25) is 0 Å². The predicted octanol–water partition coefficient (Wildman–Crippen LogP) is 3.81. The van der Waals surface area contributed by atoms with E-state index in [9.17, 15) is 27.1 Å². The Bertz CT molecular complexity index is 1560. The zero-order valence-corrected chi connectivity index (χ0v) is 23.0. The summed E-state index contributed by atoms with van der Waals surface area (Å²) in [6.45, 7) is 2.60. The van der Waals surface area contributed by atoms with Crippen molar-refractivity contribution in [3.63, 3.8) is 0 Å². The Balaban J connectivity index is 1.48. The highest BCUT2D eigenvalue weighted by molar-refractivity contribution is 7.92. The molecule has 9 nitrogen and oxygen atoms in total. The minimum absolute atomic E-state index is 0.0631. The lowest BCUT2D eigenvalue weighted by molar-refractivity contribution is 0.0830. The van der Waals surface area contributed by atoms with Gasteiger partial charge in [-0.1, -0.05) is 42.4 Å². The van der Waals surface area contributed by atoms with Gasteiger partial charge >= 0.3 is 0 Å². The Morgan fingerprint density at radius 2 is 1.71 bits per heavy atom. The number of hydrogen-bond donors (Lipinski definition) is 4. The average molecular weight is 585 g/mol. The number of aromatic nitrogens is 1. The van der Waals surface area contributed by atoms with E-state index in [4.69, 9.17) is 4.52 Å². The fourth-order valence-electron chi connectivity index (χ4n) is 4.26. The minimum atomic E-state index is -4.07. The quantitative estimate of drug-likeness (QED) is 0.188. The molecule has 0 saturated heterocycles. The Morgan fingerprint density at radius 3 is 2.41 bits per heavy atom. The van der Waals surface area contributed by atoms with Gasteiger partial charge < -0.3 is 20.3 Å². The van der Waals surface area contributed by atoms with Crippen LogP contribution in [-0.4, -0.2) is 43.3 Å². The number of aliphatic hydroxyl groups is 1. The van der Waals surface area contributed by atoms with Gasteiger partial charge in [-0.25, -0.2) is 8.78 Å². The van der Waals surface area contributed by atoms with Gasteiger partial charge in [0.1, 0.15) is 11.6 Å². The van der Waals surface area contributed by atoms with Gasteiger partial charge in [0.05, 0.1) is 18.3 Å². The van der Waals surface area contributed by atoms with E-state index in [1.807, 2.05) is 18.2 Å². The molecule has 0 aliphatic heterocycles. The van der Waals surface area contributed by atoms with Crippen LogP contribution in [0.1, 0.15) is 34.0 Å². The number of sulfonamides is 1. The van der Waals surface area contributed by atoms with Crippen LogP contribution in [-0.2, 0) is 29.4 Å². The van der Waals surface area contributed by atoms with Gasteiger partial charge in [-0.05, 0) is 59.9 Å². The van der Waals surface area contributed by atoms with E-state index in [2.05, 4.69) is 33.5 Å². The third-order valence-corrected chi connectivity index (χ3v) is 7.54. The molecule has 0 radical (unpaired) electrons. The normalized spacial score (nSPS) is 13.0. The van der Waals surface area contributed by atoms with Gasteiger partial charge in [-0.2, -0.15) is 8.42 Å². The molecule has 1 amide bonds. The first-order valence-corrected chi connectivity index (χ1v) is 14.4. The molecule has 4 aromatic rings. The molecule has 0 fully saturated rings. The van der Waals surface area contributed by atoms with E-state index < -0.39 is 44.8 Å². The molecule has 0 bridgehead atoms. The van der Waals surface area contributed by atoms with Crippen molar-refractivity contribution in [2.45, 2.75) is 43.5 Å². The molecule has 2 atom stereocenters.